The standard InChI is InChI=1S/C17H17N5O3/c1-3-7-22(11-16(23)20-15-8-12(2)25-21-15)17(24)19-14-6-4-5-13(9-14)10-18/h3-6,8-9H,1,7,11H2,2H3,(H,19,24)(H,20,21,23). The molecule has 0 atom stereocenters. The van der Waals surface area contributed by atoms with Gasteiger partial charge in [0.05, 0.1) is 11.6 Å². The summed E-state index contributed by atoms with van der Waals surface area (Å²) >= 11 is 0. The van der Waals surface area contributed by atoms with Crippen LogP contribution in [0.4, 0.5) is 16.3 Å². The summed E-state index contributed by atoms with van der Waals surface area (Å²) in [5.74, 6) is 0.424. The van der Waals surface area contributed by atoms with E-state index in [2.05, 4.69) is 22.4 Å². The molecule has 8 heteroatoms. The van der Waals surface area contributed by atoms with Crippen LogP contribution in [-0.4, -0.2) is 35.1 Å². The topological polar surface area (TPSA) is 111 Å². The molecule has 0 spiro atoms. The van der Waals surface area contributed by atoms with E-state index in [9.17, 15) is 9.59 Å². The lowest BCUT2D eigenvalue weighted by Gasteiger charge is -2.20. The van der Waals surface area contributed by atoms with Gasteiger partial charge in [0.1, 0.15) is 12.3 Å². The predicted octanol–water partition coefficient (Wildman–Crippen LogP) is 2.51. The van der Waals surface area contributed by atoms with Crippen LogP contribution in [0.1, 0.15) is 11.3 Å². The number of carbonyl (C=O) groups excluding carboxylic acids is 2. The SMILES string of the molecule is C=CCN(CC(=O)Nc1cc(C)on1)C(=O)Nc1cccc(C#N)c1. The van der Waals surface area contributed by atoms with Crippen molar-refractivity contribution in [2.45, 2.75) is 6.92 Å². The number of hydrogen-bond acceptors (Lipinski definition) is 5. The fourth-order valence-corrected chi connectivity index (χ4v) is 2.03. The van der Waals surface area contributed by atoms with Gasteiger partial charge in [0.25, 0.3) is 0 Å². The number of rotatable bonds is 6. The third-order valence-corrected chi connectivity index (χ3v) is 3.11. The zero-order valence-corrected chi connectivity index (χ0v) is 13.7. The highest BCUT2D eigenvalue weighted by molar-refractivity contribution is 5.96. The first-order valence-corrected chi connectivity index (χ1v) is 7.42. The van der Waals surface area contributed by atoms with Crippen molar-refractivity contribution in [3.05, 3.63) is 54.3 Å². The minimum Gasteiger partial charge on any atom is -0.360 e. The van der Waals surface area contributed by atoms with Gasteiger partial charge in [-0.05, 0) is 25.1 Å². The van der Waals surface area contributed by atoms with Crippen LogP contribution >= 0.6 is 0 Å². The summed E-state index contributed by atoms with van der Waals surface area (Å²) in [6.45, 7) is 5.27. The smallest absolute Gasteiger partial charge is 0.322 e. The minimum atomic E-state index is -0.485. The molecule has 0 fully saturated rings. The Hall–Kier alpha value is -3.60. The molecule has 1 heterocycles. The molecule has 0 saturated carbocycles. The average Bonchev–Trinajstić information content (AvgIpc) is 2.99. The second-order valence-electron chi connectivity index (χ2n) is 5.16. The molecule has 0 aliphatic heterocycles. The maximum Gasteiger partial charge on any atom is 0.322 e. The summed E-state index contributed by atoms with van der Waals surface area (Å²) in [6.07, 6.45) is 1.51. The molecular weight excluding hydrogens is 322 g/mol. The Labute approximate surface area is 144 Å². The van der Waals surface area contributed by atoms with Crippen molar-refractivity contribution >= 4 is 23.4 Å². The van der Waals surface area contributed by atoms with Crippen molar-refractivity contribution in [3.8, 4) is 6.07 Å². The van der Waals surface area contributed by atoms with E-state index in [1.807, 2.05) is 6.07 Å². The molecular formula is C17H17N5O3. The Morgan fingerprint density at radius 1 is 1.40 bits per heavy atom. The van der Waals surface area contributed by atoms with E-state index in [0.29, 0.717) is 17.0 Å². The number of nitrogens with zero attached hydrogens (tertiary/aromatic N) is 3. The summed E-state index contributed by atoms with van der Waals surface area (Å²) < 4.78 is 4.87. The molecule has 2 aromatic rings. The van der Waals surface area contributed by atoms with Crippen LogP contribution in [0.3, 0.4) is 0 Å². The molecule has 0 aliphatic carbocycles. The van der Waals surface area contributed by atoms with Crippen LogP contribution in [-0.2, 0) is 4.79 Å². The van der Waals surface area contributed by atoms with E-state index in [1.54, 1.807) is 37.3 Å². The van der Waals surface area contributed by atoms with E-state index in [4.69, 9.17) is 9.78 Å². The van der Waals surface area contributed by atoms with E-state index in [1.165, 1.54) is 11.0 Å². The van der Waals surface area contributed by atoms with Crippen molar-refractivity contribution in [2.24, 2.45) is 0 Å². The van der Waals surface area contributed by atoms with E-state index >= 15 is 0 Å². The maximum absolute atomic E-state index is 12.4. The number of carbonyl (C=O) groups is 2. The Bertz CT molecular complexity index is 822. The lowest BCUT2D eigenvalue weighted by Crippen LogP contribution is -2.40. The molecule has 0 bridgehead atoms. The number of nitrogens with one attached hydrogen (secondary N) is 2. The van der Waals surface area contributed by atoms with Crippen molar-refractivity contribution in [3.63, 3.8) is 0 Å². The Morgan fingerprint density at radius 2 is 2.20 bits per heavy atom. The number of anilines is 2. The molecule has 0 radical (unpaired) electrons. The quantitative estimate of drug-likeness (QED) is 0.786. The lowest BCUT2D eigenvalue weighted by atomic mass is 10.2. The van der Waals surface area contributed by atoms with Crippen molar-refractivity contribution in [1.29, 1.82) is 5.26 Å². The van der Waals surface area contributed by atoms with Crippen molar-refractivity contribution in [2.75, 3.05) is 23.7 Å². The van der Waals surface area contributed by atoms with E-state index in [0.717, 1.165) is 0 Å². The first-order valence-electron chi connectivity index (χ1n) is 7.42. The van der Waals surface area contributed by atoms with Gasteiger partial charge in [-0.1, -0.05) is 17.3 Å². The molecule has 2 rings (SSSR count). The van der Waals surface area contributed by atoms with Gasteiger partial charge < -0.3 is 20.1 Å². The lowest BCUT2D eigenvalue weighted by molar-refractivity contribution is -0.116. The first-order chi connectivity index (χ1) is 12.0. The van der Waals surface area contributed by atoms with E-state index in [-0.39, 0.29) is 18.9 Å². The molecule has 0 saturated heterocycles. The molecule has 1 aromatic heterocycles. The van der Waals surface area contributed by atoms with Crippen LogP contribution < -0.4 is 10.6 Å². The number of hydrogen-bond donors (Lipinski definition) is 2. The zero-order chi connectivity index (χ0) is 18.2. The second kappa shape index (κ2) is 8.31. The largest absolute Gasteiger partial charge is 0.360 e. The highest BCUT2D eigenvalue weighted by Crippen LogP contribution is 2.11. The maximum atomic E-state index is 12.4. The second-order valence-corrected chi connectivity index (χ2v) is 5.16. The van der Waals surface area contributed by atoms with Gasteiger partial charge in [-0.25, -0.2) is 4.79 Å². The first kappa shape index (κ1) is 17.7. The highest BCUT2D eigenvalue weighted by atomic mass is 16.5. The number of aromatic nitrogens is 1. The fourth-order valence-electron chi connectivity index (χ4n) is 2.03. The molecule has 1 aromatic carbocycles. The normalized spacial score (nSPS) is 9.76. The minimum absolute atomic E-state index is 0.176. The Balaban J connectivity index is 2.00. The number of amides is 3. The summed E-state index contributed by atoms with van der Waals surface area (Å²) in [6, 6.07) is 9.57. The van der Waals surface area contributed by atoms with Gasteiger partial charge in [-0.2, -0.15) is 5.26 Å². The number of aryl methyl sites for hydroxylation is 1. The van der Waals surface area contributed by atoms with Gasteiger partial charge in [0, 0.05) is 18.3 Å². The monoisotopic (exact) mass is 339 g/mol. The fraction of sp³-hybridized carbons (Fsp3) is 0.176. The molecule has 0 unspecified atom stereocenters. The van der Waals surface area contributed by atoms with Crippen LogP contribution in [0.2, 0.25) is 0 Å². The molecule has 8 nitrogen and oxygen atoms in total. The molecule has 2 N–H and O–H groups in total. The number of benzene rings is 1. The molecule has 3 amide bonds. The van der Waals surface area contributed by atoms with Gasteiger partial charge in [0.15, 0.2) is 5.82 Å². The average molecular weight is 339 g/mol. The van der Waals surface area contributed by atoms with Gasteiger partial charge in [-0.15, -0.1) is 6.58 Å². The third kappa shape index (κ3) is 5.21. The number of urea groups is 1. The van der Waals surface area contributed by atoms with Crippen LogP contribution in [0.15, 0.2) is 47.5 Å². The molecule has 128 valence electrons. The van der Waals surface area contributed by atoms with Gasteiger partial charge in [-0.3, -0.25) is 4.79 Å². The molecule has 25 heavy (non-hydrogen) atoms. The summed E-state index contributed by atoms with van der Waals surface area (Å²) in [4.78, 5) is 25.7. The molecule has 0 aliphatic rings. The van der Waals surface area contributed by atoms with Gasteiger partial charge >= 0.3 is 6.03 Å². The third-order valence-electron chi connectivity index (χ3n) is 3.11. The highest BCUT2D eigenvalue weighted by Gasteiger charge is 2.17. The van der Waals surface area contributed by atoms with Crippen LogP contribution in [0.5, 0.6) is 0 Å². The Kier molecular flexibility index (Phi) is 5.90. The summed E-state index contributed by atoms with van der Waals surface area (Å²) in [7, 11) is 0. The van der Waals surface area contributed by atoms with E-state index < -0.39 is 11.9 Å². The van der Waals surface area contributed by atoms with Gasteiger partial charge in [0.2, 0.25) is 5.91 Å². The summed E-state index contributed by atoms with van der Waals surface area (Å²) in [5.41, 5.74) is 0.887. The van der Waals surface area contributed by atoms with Crippen LogP contribution in [0.25, 0.3) is 0 Å². The number of nitriles is 1. The van der Waals surface area contributed by atoms with Crippen LogP contribution in [0, 0.1) is 18.3 Å². The Morgan fingerprint density at radius 3 is 2.84 bits per heavy atom. The van der Waals surface area contributed by atoms with Crippen molar-refractivity contribution < 1.29 is 14.1 Å². The summed E-state index contributed by atoms with van der Waals surface area (Å²) in [5, 5.41) is 17.8. The van der Waals surface area contributed by atoms with Crippen molar-refractivity contribution in [1.82, 2.24) is 10.1 Å². The predicted molar refractivity (Wildman–Crippen MR) is 91.8 cm³/mol. The zero-order valence-electron chi connectivity index (χ0n) is 13.7.